The van der Waals surface area contributed by atoms with Crippen molar-refractivity contribution in [1.29, 1.82) is 0 Å². The quantitative estimate of drug-likeness (QED) is 0.764. The van der Waals surface area contributed by atoms with Crippen LogP contribution in [0, 0.1) is 11.8 Å². The molecule has 3 N–H and O–H groups in total. The Kier molecular flexibility index (Phi) is 7.36. The standard InChI is InChI=1S/C18H34N2O4/c1-17(2,3)24-16(22)20-12-14-8-6-13(7-9-14)10-11-18(4,5)23-15(19)21/h13-14H,6-12H2,1-5H3,(H2,19,21)(H,20,22). The molecule has 1 aliphatic rings. The molecule has 0 radical (unpaired) electrons. The Morgan fingerprint density at radius 1 is 1.00 bits per heavy atom. The Bertz CT molecular complexity index is 421. The van der Waals surface area contributed by atoms with E-state index in [1.165, 1.54) is 0 Å². The van der Waals surface area contributed by atoms with Crippen LogP contribution in [0.5, 0.6) is 0 Å². The maximum atomic E-state index is 11.7. The average molecular weight is 342 g/mol. The number of hydrogen-bond acceptors (Lipinski definition) is 4. The van der Waals surface area contributed by atoms with Crippen molar-refractivity contribution in [3.05, 3.63) is 0 Å². The molecule has 2 amide bonds. The minimum Gasteiger partial charge on any atom is -0.444 e. The average Bonchev–Trinajstić information content (AvgIpc) is 2.41. The van der Waals surface area contributed by atoms with Gasteiger partial charge in [-0.05, 0) is 72.1 Å². The molecule has 24 heavy (non-hydrogen) atoms. The van der Waals surface area contributed by atoms with Crippen LogP contribution >= 0.6 is 0 Å². The number of ether oxygens (including phenoxy) is 2. The number of carbonyl (C=O) groups is 2. The first-order valence-electron chi connectivity index (χ1n) is 8.92. The van der Waals surface area contributed by atoms with E-state index in [1.54, 1.807) is 0 Å². The third kappa shape index (κ3) is 8.99. The van der Waals surface area contributed by atoms with Crippen molar-refractivity contribution in [2.45, 2.75) is 84.3 Å². The number of primary amides is 1. The normalized spacial score (nSPS) is 21.9. The van der Waals surface area contributed by atoms with Crippen molar-refractivity contribution >= 4 is 12.2 Å². The van der Waals surface area contributed by atoms with Gasteiger partial charge in [0, 0.05) is 6.54 Å². The lowest BCUT2D eigenvalue weighted by Gasteiger charge is -2.31. The van der Waals surface area contributed by atoms with Gasteiger partial charge in [-0.1, -0.05) is 12.8 Å². The number of carbonyl (C=O) groups excluding carboxylic acids is 2. The molecule has 0 heterocycles. The second-order valence-electron chi connectivity index (χ2n) is 8.49. The van der Waals surface area contributed by atoms with E-state index >= 15 is 0 Å². The molecule has 0 bridgehead atoms. The van der Waals surface area contributed by atoms with Crippen LogP contribution in [-0.4, -0.2) is 29.9 Å². The van der Waals surface area contributed by atoms with Gasteiger partial charge in [-0.15, -0.1) is 0 Å². The van der Waals surface area contributed by atoms with Crippen molar-refractivity contribution in [1.82, 2.24) is 5.32 Å². The molecule has 0 aromatic heterocycles. The first-order chi connectivity index (χ1) is 11.0. The summed E-state index contributed by atoms with van der Waals surface area (Å²) < 4.78 is 10.4. The van der Waals surface area contributed by atoms with Gasteiger partial charge in [0.1, 0.15) is 11.2 Å². The van der Waals surface area contributed by atoms with E-state index in [2.05, 4.69) is 5.32 Å². The van der Waals surface area contributed by atoms with E-state index in [-0.39, 0.29) is 6.09 Å². The third-order valence-corrected chi connectivity index (χ3v) is 4.43. The largest absolute Gasteiger partial charge is 0.444 e. The van der Waals surface area contributed by atoms with Crippen molar-refractivity contribution in [3.63, 3.8) is 0 Å². The van der Waals surface area contributed by atoms with E-state index in [4.69, 9.17) is 15.2 Å². The van der Waals surface area contributed by atoms with Gasteiger partial charge >= 0.3 is 12.2 Å². The molecule has 1 rings (SSSR count). The minimum absolute atomic E-state index is 0.338. The van der Waals surface area contributed by atoms with Gasteiger partial charge in [0.25, 0.3) is 0 Å². The summed E-state index contributed by atoms with van der Waals surface area (Å²) in [6, 6.07) is 0. The van der Waals surface area contributed by atoms with Crippen molar-refractivity contribution < 1.29 is 19.1 Å². The topological polar surface area (TPSA) is 90.7 Å². The van der Waals surface area contributed by atoms with Gasteiger partial charge in [0.15, 0.2) is 0 Å². The van der Waals surface area contributed by atoms with Crippen molar-refractivity contribution in [2.75, 3.05) is 6.54 Å². The fourth-order valence-corrected chi connectivity index (χ4v) is 3.14. The van der Waals surface area contributed by atoms with Crippen LogP contribution in [0.25, 0.3) is 0 Å². The van der Waals surface area contributed by atoms with Crippen LogP contribution in [0.2, 0.25) is 0 Å². The van der Waals surface area contributed by atoms with Crippen LogP contribution in [-0.2, 0) is 9.47 Å². The van der Waals surface area contributed by atoms with Crippen LogP contribution in [0.1, 0.15) is 73.1 Å². The Balaban J connectivity index is 2.22. The first kappa shape index (κ1) is 20.6. The molecule has 1 aliphatic carbocycles. The number of nitrogens with two attached hydrogens (primary N) is 1. The van der Waals surface area contributed by atoms with Crippen LogP contribution in [0.4, 0.5) is 9.59 Å². The summed E-state index contributed by atoms with van der Waals surface area (Å²) in [7, 11) is 0. The van der Waals surface area contributed by atoms with E-state index < -0.39 is 17.3 Å². The van der Waals surface area contributed by atoms with Gasteiger partial charge in [-0.25, -0.2) is 9.59 Å². The van der Waals surface area contributed by atoms with Gasteiger partial charge in [0.05, 0.1) is 0 Å². The fourth-order valence-electron chi connectivity index (χ4n) is 3.14. The van der Waals surface area contributed by atoms with Gasteiger partial charge in [-0.2, -0.15) is 0 Å². The molecule has 140 valence electrons. The van der Waals surface area contributed by atoms with Gasteiger partial charge in [-0.3, -0.25) is 0 Å². The van der Waals surface area contributed by atoms with E-state index in [0.717, 1.165) is 38.5 Å². The lowest BCUT2D eigenvalue weighted by Crippen LogP contribution is -2.36. The number of rotatable bonds is 6. The molecule has 0 aromatic carbocycles. The molecule has 0 aliphatic heterocycles. The first-order valence-corrected chi connectivity index (χ1v) is 8.92. The van der Waals surface area contributed by atoms with Crippen LogP contribution < -0.4 is 11.1 Å². The maximum absolute atomic E-state index is 11.7. The Hall–Kier alpha value is -1.46. The number of amides is 2. The number of hydrogen-bond donors (Lipinski definition) is 2. The summed E-state index contributed by atoms with van der Waals surface area (Å²) in [6.07, 6.45) is 5.32. The highest BCUT2D eigenvalue weighted by atomic mass is 16.6. The minimum atomic E-state index is -0.711. The molecule has 0 atom stereocenters. The molecule has 1 saturated carbocycles. The smallest absolute Gasteiger partial charge is 0.407 e. The summed E-state index contributed by atoms with van der Waals surface area (Å²) in [5.74, 6) is 1.17. The summed E-state index contributed by atoms with van der Waals surface area (Å²) >= 11 is 0. The second kappa shape index (κ2) is 8.58. The highest BCUT2D eigenvalue weighted by Crippen LogP contribution is 2.33. The lowest BCUT2D eigenvalue weighted by molar-refractivity contribution is 0.0318. The predicted molar refractivity (Wildman–Crippen MR) is 93.7 cm³/mol. The molecule has 6 heteroatoms. The van der Waals surface area contributed by atoms with E-state index in [9.17, 15) is 9.59 Å². The second-order valence-corrected chi connectivity index (χ2v) is 8.49. The molecule has 0 saturated heterocycles. The SMILES string of the molecule is CC(C)(C)OC(=O)NCC1CCC(CCC(C)(C)OC(N)=O)CC1. The predicted octanol–water partition coefficient (Wildman–Crippen LogP) is 3.97. The molecule has 0 unspecified atom stereocenters. The van der Waals surface area contributed by atoms with E-state index in [0.29, 0.717) is 18.4 Å². The van der Waals surface area contributed by atoms with Gasteiger partial charge < -0.3 is 20.5 Å². The molecule has 0 aromatic rings. The summed E-state index contributed by atoms with van der Waals surface area (Å²) in [4.78, 5) is 22.6. The Morgan fingerprint density at radius 2 is 1.54 bits per heavy atom. The van der Waals surface area contributed by atoms with Crippen LogP contribution in [0.3, 0.4) is 0 Å². The van der Waals surface area contributed by atoms with Gasteiger partial charge in [0.2, 0.25) is 0 Å². The number of nitrogens with one attached hydrogen (secondary N) is 1. The molecular weight excluding hydrogens is 308 g/mol. The zero-order valence-corrected chi connectivity index (χ0v) is 15.8. The summed E-state index contributed by atoms with van der Waals surface area (Å²) in [5.41, 5.74) is 4.14. The Labute approximate surface area is 145 Å². The monoisotopic (exact) mass is 342 g/mol. The molecule has 1 fully saturated rings. The van der Waals surface area contributed by atoms with Crippen LogP contribution in [0.15, 0.2) is 0 Å². The zero-order chi connectivity index (χ0) is 18.4. The summed E-state index contributed by atoms with van der Waals surface area (Å²) in [6.45, 7) is 10.1. The fraction of sp³-hybridized carbons (Fsp3) is 0.889. The lowest BCUT2D eigenvalue weighted by atomic mass is 9.79. The summed E-state index contributed by atoms with van der Waals surface area (Å²) in [5, 5.41) is 2.87. The Morgan fingerprint density at radius 3 is 2.04 bits per heavy atom. The highest BCUT2D eigenvalue weighted by Gasteiger charge is 2.27. The zero-order valence-electron chi connectivity index (χ0n) is 15.8. The maximum Gasteiger partial charge on any atom is 0.407 e. The third-order valence-electron chi connectivity index (χ3n) is 4.43. The highest BCUT2D eigenvalue weighted by molar-refractivity contribution is 5.67. The molecule has 0 spiro atoms. The number of alkyl carbamates (subject to hydrolysis) is 1. The molecular formula is C18H34N2O4. The van der Waals surface area contributed by atoms with E-state index in [1.807, 2.05) is 34.6 Å². The van der Waals surface area contributed by atoms with Crippen molar-refractivity contribution in [2.24, 2.45) is 17.6 Å². The molecule has 6 nitrogen and oxygen atoms in total. The van der Waals surface area contributed by atoms with Crippen molar-refractivity contribution in [3.8, 4) is 0 Å².